The Kier molecular flexibility index (Phi) is 4.44. The van der Waals surface area contributed by atoms with Crippen molar-refractivity contribution in [1.29, 1.82) is 0 Å². The minimum absolute atomic E-state index is 0.0724. The molecule has 0 atom stereocenters. The van der Waals surface area contributed by atoms with Crippen LogP contribution in [0.15, 0.2) is 80.5 Å². The molecule has 0 radical (unpaired) electrons. The van der Waals surface area contributed by atoms with Crippen molar-refractivity contribution in [3.63, 3.8) is 0 Å². The highest BCUT2D eigenvalue weighted by atomic mass is 32.2. The number of ether oxygens (including phenoxy) is 1. The van der Waals surface area contributed by atoms with E-state index in [1.807, 2.05) is 12.1 Å². The minimum Gasteiger partial charge on any atom is -0.493 e. The van der Waals surface area contributed by atoms with Crippen LogP contribution in [0.3, 0.4) is 0 Å². The second kappa shape index (κ2) is 6.92. The first-order valence-electron chi connectivity index (χ1n) is 9.69. The van der Waals surface area contributed by atoms with E-state index in [1.54, 1.807) is 24.3 Å². The Hall–Kier alpha value is -2.71. The SMILES string of the molecule is O=S(=O)(c1ccc(C2CC2)cc1)c1ccc2c(c1S(=O)(=O)c1ccccn1)CCO2. The third-order valence-corrected chi connectivity index (χ3v) is 9.24. The van der Waals surface area contributed by atoms with Gasteiger partial charge in [0.15, 0.2) is 5.03 Å². The second-order valence-corrected chi connectivity index (χ2v) is 11.2. The van der Waals surface area contributed by atoms with Gasteiger partial charge >= 0.3 is 0 Å². The molecule has 0 bridgehead atoms. The van der Waals surface area contributed by atoms with Gasteiger partial charge in [0.2, 0.25) is 19.7 Å². The first-order chi connectivity index (χ1) is 14.4. The Morgan fingerprint density at radius 2 is 1.63 bits per heavy atom. The van der Waals surface area contributed by atoms with Crippen molar-refractivity contribution in [3.8, 4) is 5.75 Å². The number of hydrogen-bond acceptors (Lipinski definition) is 6. The van der Waals surface area contributed by atoms with Gasteiger partial charge < -0.3 is 4.74 Å². The average Bonchev–Trinajstić information content (AvgIpc) is 3.50. The largest absolute Gasteiger partial charge is 0.493 e. The van der Waals surface area contributed by atoms with Crippen molar-refractivity contribution in [3.05, 3.63) is 71.9 Å². The van der Waals surface area contributed by atoms with Crippen LogP contribution in [0, 0.1) is 0 Å². The van der Waals surface area contributed by atoms with Gasteiger partial charge in [-0.15, -0.1) is 0 Å². The van der Waals surface area contributed by atoms with Crippen LogP contribution < -0.4 is 4.74 Å². The van der Waals surface area contributed by atoms with Gasteiger partial charge in [-0.25, -0.2) is 21.8 Å². The molecule has 0 spiro atoms. The zero-order valence-corrected chi connectivity index (χ0v) is 17.6. The summed E-state index contributed by atoms with van der Waals surface area (Å²) in [5, 5.41) is -0.189. The molecule has 8 heteroatoms. The Morgan fingerprint density at radius 1 is 0.867 bits per heavy atom. The molecule has 6 nitrogen and oxygen atoms in total. The molecule has 0 N–H and O–H groups in total. The van der Waals surface area contributed by atoms with E-state index in [2.05, 4.69) is 4.98 Å². The van der Waals surface area contributed by atoms with Gasteiger partial charge in [0.05, 0.1) is 21.3 Å². The van der Waals surface area contributed by atoms with Crippen LogP contribution in [0.5, 0.6) is 5.75 Å². The van der Waals surface area contributed by atoms with E-state index in [0.29, 0.717) is 30.3 Å². The maximum absolute atomic E-state index is 13.5. The summed E-state index contributed by atoms with van der Waals surface area (Å²) in [5.74, 6) is 0.895. The molecule has 5 rings (SSSR count). The summed E-state index contributed by atoms with van der Waals surface area (Å²) in [6.45, 7) is 0.305. The average molecular weight is 442 g/mol. The summed E-state index contributed by atoms with van der Waals surface area (Å²) in [4.78, 5) is 3.56. The van der Waals surface area contributed by atoms with Crippen LogP contribution >= 0.6 is 0 Å². The third-order valence-electron chi connectivity index (χ3n) is 5.50. The molecule has 2 heterocycles. The predicted octanol–water partition coefficient (Wildman–Crippen LogP) is 3.56. The van der Waals surface area contributed by atoms with Gasteiger partial charge in [-0.3, -0.25) is 0 Å². The maximum Gasteiger partial charge on any atom is 0.225 e. The Morgan fingerprint density at radius 3 is 2.30 bits per heavy atom. The molecular weight excluding hydrogens is 422 g/mol. The number of nitrogens with zero attached hydrogens (tertiary/aromatic N) is 1. The zero-order chi connectivity index (χ0) is 20.9. The molecule has 3 aromatic rings. The lowest BCUT2D eigenvalue weighted by Crippen LogP contribution is -2.14. The van der Waals surface area contributed by atoms with Gasteiger partial charge in [-0.05, 0) is 60.7 Å². The van der Waals surface area contributed by atoms with Crippen LogP contribution in [0.25, 0.3) is 0 Å². The lowest BCUT2D eigenvalue weighted by Gasteiger charge is -2.15. The monoisotopic (exact) mass is 441 g/mol. The smallest absolute Gasteiger partial charge is 0.225 e. The maximum atomic E-state index is 13.5. The first-order valence-corrected chi connectivity index (χ1v) is 12.7. The van der Waals surface area contributed by atoms with Gasteiger partial charge in [0, 0.05) is 18.2 Å². The zero-order valence-electron chi connectivity index (χ0n) is 16.0. The van der Waals surface area contributed by atoms with Crippen molar-refractivity contribution in [2.45, 2.75) is 44.9 Å². The van der Waals surface area contributed by atoms with Crippen LogP contribution in [-0.4, -0.2) is 28.4 Å². The van der Waals surface area contributed by atoms with Crippen molar-refractivity contribution < 1.29 is 21.6 Å². The molecule has 0 unspecified atom stereocenters. The lowest BCUT2D eigenvalue weighted by molar-refractivity contribution is 0.356. The van der Waals surface area contributed by atoms with Gasteiger partial charge in [-0.1, -0.05) is 18.2 Å². The number of sulfone groups is 2. The van der Waals surface area contributed by atoms with Gasteiger partial charge in [0.1, 0.15) is 5.75 Å². The number of hydrogen-bond donors (Lipinski definition) is 0. The van der Waals surface area contributed by atoms with E-state index < -0.39 is 19.7 Å². The highest BCUT2D eigenvalue weighted by Crippen LogP contribution is 2.42. The molecule has 0 amide bonds. The predicted molar refractivity (Wildman–Crippen MR) is 109 cm³/mol. The number of aromatic nitrogens is 1. The third kappa shape index (κ3) is 3.11. The van der Waals surface area contributed by atoms with E-state index in [4.69, 9.17) is 4.74 Å². The number of benzene rings is 2. The Bertz CT molecular complexity index is 1330. The Labute approximate surface area is 175 Å². The summed E-state index contributed by atoms with van der Waals surface area (Å²) in [7, 11) is -8.23. The second-order valence-electron chi connectivity index (χ2n) is 7.49. The molecule has 1 fully saturated rings. The Balaban J connectivity index is 1.71. The van der Waals surface area contributed by atoms with E-state index in [0.717, 1.165) is 18.4 Å². The molecule has 30 heavy (non-hydrogen) atoms. The fourth-order valence-electron chi connectivity index (χ4n) is 3.80. The fourth-order valence-corrected chi connectivity index (χ4v) is 7.35. The molecule has 2 aliphatic rings. The summed E-state index contributed by atoms with van der Waals surface area (Å²) in [6.07, 6.45) is 3.92. The lowest BCUT2D eigenvalue weighted by atomic mass is 10.1. The van der Waals surface area contributed by atoms with E-state index in [-0.39, 0.29) is 19.7 Å². The highest BCUT2D eigenvalue weighted by Gasteiger charge is 2.35. The van der Waals surface area contributed by atoms with E-state index in [9.17, 15) is 16.8 Å². The van der Waals surface area contributed by atoms with Crippen molar-refractivity contribution in [2.75, 3.05) is 6.61 Å². The van der Waals surface area contributed by atoms with Gasteiger partial charge in [-0.2, -0.15) is 0 Å². The fraction of sp³-hybridized carbons (Fsp3) is 0.227. The molecule has 154 valence electrons. The summed E-state index contributed by atoms with van der Waals surface area (Å²) < 4.78 is 59.4. The summed E-state index contributed by atoms with van der Waals surface area (Å²) in [6, 6.07) is 14.1. The topological polar surface area (TPSA) is 90.4 Å². The quantitative estimate of drug-likeness (QED) is 0.601. The first kappa shape index (κ1) is 19.3. The molecule has 1 aliphatic carbocycles. The normalized spacial score (nSPS) is 16.1. The molecule has 0 saturated heterocycles. The number of rotatable bonds is 5. The van der Waals surface area contributed by atoms with Gasteiger partial charge in [0.25, 0.3) is 0 Å². The molecule has 2 aromatic carbocycles. The molecule has 1 aromatic heterocycles. The molecular formula is C22H19NO5S2. The summed E-state index contributed by atoms with van der Waals surface area (Å²) >= 11 is 0. The minimum atomic E-state index is -4.17. The number of fused-ring (bicyclic) bond motifs is 1. The van der Waals surface area contributed by atoms with Crippen LogP contribution in [0.2, 0.25) is 0 Å². The molecule has 1 saturated carbocycles. The highest BCUT2D eigenvalue weighted by molar-refractivity contribution is 7.94. The summed E-state index contributed by atoms with van der Waals surface area (Å²) in [5.41, 5.74) is 1.49. The van der Waals surface area contributed by atoms with E-state index >= 15 is 0 Å². The standard InChI is InChI=1S/C22H19NO5S2/c24-29(25,17-8-6-16(7-9-17)15-4-5-15)20-11-10-19-18(12-14-28-19)22(20)30(26,27)21-3-1-2-13-23-21/h1-3,6-11,13,15H,4-5,12,14H2. The van der Waals surface area contributed by atoms with Crippen molar-refractivity contribution in [2.24, 2.45) is 0 Å². The van der Waals surface area contributed by atoms with Crippen LogP contribution in [-0.2, 0) is 26.1 Å². The van der Waals surface area contributed by atoms with Crippen LogP contribution in [0.4, 0.5) is 0 Å². The number of pyridine rings is 1. The van der Waals surface area contributed by atoms with Crippen molar-refractivity contribution in [1.82, 2.24) is 4.98 Å². The van der Waals surface area contributed by atoms with Crippen LogP contribution in [0.1, 0.15) is 29.9 Å². The van der Waals surface area contributed by atoms with E-state index in [1.165, 1.54) is 24.4 Å². The van der Waals surface area contributed by atoms with Crippen molar-refractivity contribution >= 4 is 19.7 Å². The molecule has 1 aliphatic heterocycles.